The first-order valence-electron chi connectivity index (χ1n) is 10.6. The minimum absolute atomic E-state index is 0. The van der Waals surface area contributed by atoms with E-state index >= 15 is 0 Å². The molecule has 0 aromatic heterocycles. The van der Waals surface area contributed by atoms with Crippen LogP contribution in [-0.4, -0.2) is 26.1 Å². The number of halogens is 1. The first-order chi connectivity index (χ1) is 15.5. The fourth-order valence-corrected chi connectivity index (χ4v) is 4.14. The van der Waals surface area contributed by atoms with Crippen LogP contribution in [0, 0.1) is 13.8 Å². The molecule has 168 valence electrons. The molecule has 0 spiro atoms. The largest absolute Gasteiger partial charge is 0.349 e. The number of aromatic amines is 1. The highest BCUT2D eigenvalue weighted by atomic mass is 35.5. The third-order valence-corrected chi connectivity index (χ3v) is 5.93. The highest BCUT2D eigenvalue weighted by Gasteiger charge is 2.19. The quantitative estimate of drug-likeness (QED) is 0.308. The Kier molecular flexibility index (Phi) is 6.26. The standard InChI is InChI=1S/C25H23N5O2.ClH/c1-15-12-20-21(13-16(15)2)30(23-22(27-20)24(31)29-25(32)28-23)11-10-26-14-18-8-5-7-17-6-3-4-9-19(17)18;/h3-9,12-13,26H,10-11,14H2,1-2H3,(H,29,31,32);1H. The van der Waals surface area contributed by atoms with Crippen LogP contribution < -0.4 is 16.6 Å². The van der Waals surface area contributed by atoms with Crippen molar-refractivity contribution >= 4 is 34.2 Å². The second-order valence-electron chi connectivity index (χ2n) is 8.05. The number of H-pyrrole nitrogens is 1. The molecule has 2 N–H and O–H groups in total. The van der Waals surface area contributed by atoms with Crippen molar-refractivity contribution in [3.63, 3.8) is 0 Å². The summed E-state index contributed by atoms with van der Waals surface area (Å²) < 4.78 is 1.91. The van der Waals surface area contributed by atoms with E-state index in [2.05, 4.69) is 50.6 Å². The molecule has 0 bridgehead atoms. The average molecular weight is 462 g/mol. The van der Waals surface area contributed by atoms with E-state index in [-0.39, 0.29) is 18.1 Å². The summed E-state index contributed by atoms with van der Waals surface area (Å²) in [5.74, 6) is 0.307. The van der Waals surface area contributed by atoms with E-state index in [1.165, 1.54) is 16.3 Å². The maximum Gasteiger partial charge on any atom is 0.349 e. The molecule has 8 heteroatoms. The number of rotatable bonds is 5. The Morgan fingerprint density at radius 3 is 2.58 bits per heavy atom. The molecule has 0 radical (unpaired) electrons. The zero-order chi connectivity index (χ0) is 22.2. The highest BCUT2D eigenvalue weighted by molar-refractivity contribution is 5.86. The smallest absolute Gasteiger partial charge is 0.321 e. The predicted molar refractivity (Wildman–Crippen MR) is 133 cm³/mol. The lowest BCUT2D eigenvalue weighted by Crippen LogP contribution is -2.30. The minimum Gasteiger partial charge on any atom is -0.321 e. The zero-order valence-electron chi connectivity index (χ0n) is 18.4. The molecule has 2 aliphatic rings. The number of nitrogens with one attached hydrogen (secondary N) is 2. The molecule has 0 fully saturated rings. The fourth-order valence-electron chi connectivity index (χ4n) is 4.14. The van der Waals surface area contributed by atoms with Crippen LogP contribution in [0.25, 0.3) is 33.3 Å². The average Bonchev–Trinajstić information content (AvgIpc) is 2.78. The van der Waals surface area contributed by atoms with Crippen LogP contribution in [0.1, 0.15) is 16.7 Å². The lowest BCUT2D eigenvalue weighted by atomic mass is 10.0. The number of aryl methyl sites for hydroxylation is 2. The predicted octanol–water partition coefficient (Wildman–Crippen LogP) is 3.57. The number of hydrogen-bond acceptors (Lipinski definition) is 5. The molecule has 3 aromatic carbocycles. The topological polar surface area (TPSA) is 92.7 Å². The van der Waals surface area contributed by atoms with Crippen molar-refractivity contribution in [3.05, 3.63) is 92.1 Å². The Bertz CT molecular complexity index is 1550. The van der Waals surface area contributed by atoms with Gasteiger partial charge >= 0.3 is 5.69 Å². The Morgan fingerprint density at radius 2 is 1.73 bits per heavy atom. The molecule has 33 heavy (non-hydrogen) atoms. The van der Waals surface area contributed by atoms with Gasteiger partial charge in [-0.05, 0) is 53.4 Å². The maximum atomic E-state index is 12.4. The molecule has 2 heterocycles. The van der Waals surface area contributed by atoms with E-state index < -0.39 is 11.2 Å². The fraction of sp³-hybridized carbons (Fsp3) is 0.200. The number of fused-ring (bicyclic) bond motifs is 3. The van der Waals surface area contributed by atoms with Gasteiger partial charge in [-0.3, -0.25) is 9.78 Å². The highest BCUT2D eigenvalue weighted by Crippen LogP contribution is 2.23. The van der Waals surface area contributed by atoms with Crippen LogP contribution in [0.5, 0.6) is 0 Å². The lowest BCUT2D eigenvalue weighted by molar-refractivity contribution is 0.604. The van der Waals surface area contributed by atoms with E-state index in [0.717, 1.165) is 16.6 Å². The summed E-state index contributed by atoms with van der Waals surface area (Å²) in [7, 11) is 0. The molecule has 5 rings (SSSR count). The van der Waals surface area contributed by atoms with Crippen LogP contribution in [0.3, 0.4) is 0 Å². The van der Waals surface area contributed by atoms with Gasteiger partial charge in [0.05, 0.1) is 11.0 Å². The number of nitrogens with zero attached hydrogens (tertiary/aromatic N) is 3. The molecular formula is C25H24ClN5O2. The van der Waals surface area contributed by atoms with E-state index in [1.54, 1.807) is 0 Å². The molecular weight excluding hydrogens is 438 g/mol. The third-order valence-electron chi connectivity index (χ3n) is 5.93. The van der Waals surface area contributed by atoms with E-state index in [9.17, 15) is 9.59 Å². The summed E-state index contributed by atoms with van der Waals surface area (Å²) in [5, 5.41) is 5.93. The Balaban J connectivity index is 0.00000259. The van der Waals surface area contributed by atoms with Gasteiger partial charge in [0.15, 0.2) is 11.5 Å². The van der Waals surface area contributed by atoms with Crippen molar-refractivity contribution in [2.75, 3.05) is 6.54 Å². The van der Waals surface area contributed by atoms with Crippen molar-refractivity contribution in [1.82, 2.24) is 24.8 Å². The maximum absolute atomic E-state index is 12.4. The monoisotopic (exact) mass is 461 g/mol. The summed E-state index contributed by atoms with van der Waals surface area (Å²) in [6.07, 6.45) is 0. The summed E-state index contributed by atoms with van der Waals surface area (Å²) in [5.41, 5.74) is 3.99. The summed E-state index contributed by atoms with van der Waals surface area (Å²) in [4.78, 5) is 35.1. The third kappa shape index (κ3) is 4.25. The van der Waals surface area contributed by atoms with Crippen LogP contribution in [0.4, 0.5) is 0 Å². The molecule has 0 atom stereocenters. The molecule has 0 aliphatic carbocycles. The van der Waals surface area contributed by atoms with E-state index in [4.69, 9.17) is 0 Å². The molecule has 0 saturated heterocycles. The Hall–Kier alpha value is -3.55. The van der Waals surface area contributed by atoms with Gasteiger partial charge in [-0.2, -0.15) is 4.98 Å². The summed E-state index contributed by atoms with van der Waals surface area (Å²) in [6, 6.07) is 18.6. The van der Waals surface area contributed by atoms with Crippen LogP contribution in [0.2, 0.25) is 0 Å². The van der Waals surface area contributed by atoms with Gasteiger partial charge in [0.1, 0.15) is 0 Å². The first-order valence-corrected chi connectivity index (χ1v) is 10.6. The van der Waals surface area contributed by atoms with Gasteiger partial charge in [-0.15, -0.1) is 12.4 Å². The van der Waals surface area contributed by atoms with Crippen molar-refractivity contribution in [2.24, 2.45) is 0 Å². The van der Waals surface area contributed by atoms with Gasteiger partial charge in [0.25, 0.3) is 5.56 Å². The Morgan fingerprint density at radius 1 is 0.970 bits per heavy atom. The molecule has 7 nitrogen and oxygen atoms in total. The van der Waals surface area contributed by atoms with E-state index in [0.29, 0.717) is 31.0 Å². The van der Waals surface area contributed by atoms with Crippen LogP contribution >= 0.6 is 12.4 Å². The number of benzene rings is 3. The second-order valence-corrected chi connectivity index (χ2v) is 8.05. The van der Waals surface area contributed by atoms with Crippen molar-refractivity contribution in [2.45, 2.75) is 26.9 Å². The van der Waals surface area contributed by atoms with Crippen molar-refractivity contribution in [3.8, 4) is 11.5 Å². The lowest BCUT2D eigenvalue weighted by Gasteiger charge is -2.18. The molecule has 3 aromatic rings. The number of hydrogen-bond donors (Lipinski definition) is 2. The minimum atomic E-state index is -0.662. The van der Waals surface area contributed by atoms with Crippen LogP contribution in [0.15, 0.2) is 64.2 Å². The second kappa shape index (κ2) is 9.13. The van der Waals surface area contributed by atoms with Crippen molar-refractivity contribution in [1.29, 1.82) is 0 Å². The van der Waals surface area contributed by atoms with Gasteiger partial charge in [-0.1, -0.05) is 42.5 Å². The first kappa shape index (κ1) is 22.6. The Labute approximate surface area is 196 Å². The van der Waals surface area contributed by atoms with Gasteiger partial charge in [-0.25, -0.2) is 9.78 Å². The summed E-state index contributed by atoms with van der Waals surface area (Å²) >= 11 is 0. The summed E-state index contributed by atoms with van der Waals surface area (Å²) in [6.45, 7) is 5.93. The molecule has 0 amide bonds. The number of aromatic nitrogens is 4. The van der Waals surface area contributed by atoms with Gasteiger partial charge in [0, 0.05) is 19.6 Å². The molecule has 2 aliphatic heterocycles. The van der Waals surface area contributed by atoms with Gasteiger partial charge in [0.2, 0.25) is 0 Å². The van der Waals surface area contributed by atoms with Gasteiger partial charge < -0.3 is 9.88 Å². The van der Waals surface area contributed by atoms with Crippen molar-refractivity contribution < 1.29 is 0 Å². The normalized spacial score (nSPS) is 11.2. The molecule has 0 saturated carbocycles. The zero-order valence-corrected chi connectivity index (χ0v) is 19.2. The van der Waals surface area contributed by atoms with E-state index in [1.807, 2.05) is 42.7 Å². The SMILES string of the molecule is Cc1cc2nc3c(=O)[nH]c(=O)nc-3n(CCNCc3cccc4ccccc34)c2cc1C.Cl. The van der Waals surface area contributed by atoms with Crippen LogP contribution in [-0.2, 0) is 13.1 Å². The molecule has 0 unspecified atom stereocenters.